The predicted octanol–water partition coefficient (Wildman–Crippen LogP) is 0.565. The molecule has 1 N–H and O–H groups in total. The van der Waals surface area contributed by atoms with Crippen LogP contribution in [-0.4, -0.2) is 38.1 Å². The number of methoxy groups -OCH3 is 1. The highest BCUT2D eigenvalue weighted by Crippen LogP contribution is 2.29. The third-order valence-corrected chi connectivity index (χ3v) is 3.34. The van der Waals surface area contributed by atoms with Gasteiger partial charge in [0.1, 0.15) is 18.4 Å². The Labute approximate surface area is 121 Å². The fraction of sp³-hybridized carbons (Fsp3) is 0.357. The van der Waals surface area contributed by atoms with Crippen LogP contribution in [0, 0.1) is 17.1 Å². The summed E-state index contributed by atoms with van der Waals surface area (Å²) in [5.74, 6) is -1.44. The quantitative estimate of drug-likeness (QED) is 0.820. The Morgan fingerprint density at radius 2 is 2.33 bits per heavy atom. The first-order valence-electron chi connectivity index (χ1n) is 6.37. The minimum atomic E-state index is -0.543. The smallest absolute Gasteiger partial charge is 0.325 e. The molecule has 1 aromatic rings. The molecule has 110 valence electrons. The molecule has 0 saturated carbocycles. The molecule has 7 heteroatoms. The summed E-state index contributed by atoms with van der Waals surface area (Å²) >= 11 is 0. The van der Waals surface area contributed by atoms with Gasteiger partial charge in [0.25, 0.3) is 0 Å². The molecule has 21 heavy (non-hydrogen) atoms. The number of hydrogen-bond acceptors (Lipinski definition) is 5. The maximum atomic E-state index is 13.9. The van der Waals surface area contributed by atoms with Gasteiger partial charge in [-0.05, 0) is 24.6 Å². The molecule has 1 aromatic carbocycles. The van der Waals surface area contributed by atoms with Crippen molar-refractivity contribution in [2.45, 2.75) is 12.5 Å². The molecule has 6 nitrogen and oxygen atoms in total. The Kier molecular flexibility index (Phi) is 4.38. The highest BCUT2D eigenvalue weighted by atomic mass is 19.1. The minimum Gasteiger partial charge on any atom is -0.468 e. The van der Waals surface area contributed by atoms with Gasteiger partial charge in [-0.25, -0.2) is 4.39 Å². The zero-order valence-electron chi connectivity index (χ0n) is 11.4. The summed E-state index contributed by atoms with van der Waals surface area (Å²) in [4.78, 5) is 24.5. The van der Waals surface area contributed by atoms with E-state index in [9.17, 15) is 14.0 Å². The lowest BCUT2D eigenvalue weighted by Crippen LogP contribution is -2.57. The summed E-state index contributed by atoms with van der Waals surface area (Å²) in [5.41, 5.74) is 0.502. The SMILES string of the molecule is COC(=O)CNC(=O)[C@@H]1CCN1c1ccc(C#N)cc1F. The second kappa shape index (κ2) is 6.22. The summed E-state index contributed by atoms with van der Waals surface area (Å²) < 4.78 is 18.3. The Morgan fingerprint density at radius 3 is 2.86 bits per heavy atom. The average Bonchev–Trinajstić information content (AvgIpc) is 2.45. The monoisotopic (exact) mass is 291 g/mol. The summed E-state index contributed by atoms with van der Waals surface area (Å²) in [5, 5.41) is 11.2. The van der Waals surface area contributed by atoms with Gasteiger partial charge in [0, 0.05) is 6.54 Å². The number of carbonyl (C=O) groups is 2. The second-order valence-corrected chi connectivity index (χ2v) is 4.57. The predicted molar refractivity (Wildman–Crippen MR) is 71.9 cm³/mol. The van der Waals surface area contributed by atoms with Gasteiger partial charge in [-0.1, -0.05) is 0 Å². The van der Waals surface area contributed by atoms with Gasteiger partial charge in [0.05, 0.1) is 24.4 Å². The fourth-order valence-electron chi connectivity index (χ4n) is 2.11. The minimum absolute atomic E-state index is 0.213. The van der Waals surface area contributed by atoms with Crippen molar-refractivity contribution in [1.82, 2.24) is 5.32 Å². The number of carbonyl (C=O) groups excluding carboxylic acids is 2. The maximum Gasteiger partial charge on any atom is 0.325 e. The van der Waals surface area contributed by atoms with Crippen LogP contribution in [0.4, 0.5) is 10.1 Å². The number of rotatable bonds is 4. The van der Waals surface area contributed by atoms with Crippen molar-refractivity contribution in [3.8, 4) is 6.07 Å². The van der Waals surface area contributed by atoms with Crippen molar-refractivity contribution >= 4 is 17.6 Å². The molecule has 0 spiro atoms. The van der Waals surface area contributed by atoms with Crippen molar-refractivity contribution in [3.05, 3.63) is 29.6 Å². The molecule has 0 unspecified atom stereocenters. The molecule has 1 heterocycles. The molecular weight excluding hydrogens is 277 g/mol. The van der Waals surface area contributed by atoms with Crippen molar-refractivity contribution in [2.24, 2.45) is 0 Å². The van der Waals surface area contributed by atoms with Gasteiger partial charge in [-0.15, -0.1) is 0 Å². The second-order valence-electron chi connectivity index (χ2n) is 4.57. The number of nitrogens with zero attached hydrogens (tertiary/aromatic N) is 2. The van der Waals surface area contributed by atoms with Gasteiger partial charge in [0.15, 0.2) is 0 Å². The van der Waals surface area contributed by atoms with Crippen LogP contribution in [0.1, 0.15) is 12.0 Å². The van der Waals surface area contributed by atoms with Crippen LogP contribution in [0.5, 0.6) is 0 Å². The Hall–Kier alpha value is -2.62. The van der Waals surface area contributed by atoms with Crippen molar-refractivity contribution < 1.29 is 18.7 Å². The summed E-state index contributed by atoms with van der Waals surface area (Å²) in [7, 11) is 1.23. The number of nitrogens with one attached hydrogen (secondary N) is 1. The van der Waals surface area contributed by atoms with Crippen LogP contribution >= 0.6 is 0 Å². The third-order valence-electron chi connectivity index (χ3n) is 3.34. The largest absolute Gasteiger partial charge is 0.468 e. The molecular formula is C14H14FN3O3. The van der Waals surface area contributed by atoms with E-state index in [1.807, 2.05) is 6.07 Å². The molecule has 1 amide bonds. The number of ether oxygens (including phenoxy) is 1. The molecule has 0 aliphatic carbocycles. The van der Waals surface area contributed by atoms with Gasteiger partial charge < -0.3 is 15.0 Å². The average molecular weight is 291 g/mol. The first-order valence-corrected chi connectivity index (χ1v) is 6.37. The lowest BCUT2D eigenvalue weighted by Gasteiger charge is -2.41. The number of benzene rings is 1. The topological polar surface area (TPSA) is 82.4 Å². The molecule has 1 aliphatic heterocycles. The lowest BCUT2D eigenvalue weighted by atomic mass is 10.00. The normalized spacial score (nSPS) is 16.6. The van der Waals surface area contributed by atoms with E-state index in [0.717, 1.165) is 6.07 Å². The van der Waals surface area contributed by atoms with Gasteiger partial charge in [0.2, 0.25) is 5.91 Å². The van der Waals surface area contributed by atoms with E-state index in [2.05, 4.69) is 10.1 Å². The molecule has 1 atom stereocenters. The van der Waals surface area contributed by atoms with Gasteiger partial charge in [-0.3, -0.25) is 9.59 Å². The first kappa shape index (κ1) is 14.8. The van der Waals surface area contributed by atoms with E-state index in [4.69, 9.17) is 5.26 Å². The Balaban J connectivity index is 2.04. The lowest BCUT2D eigenvalue weighted by molar-refractivity contribution is -0.141. The zero-order chi connectivity index (χ0) is 15.4. The number of esters is 1. The summed E-state index contributed by atoms with van der Waals surface area (Å²) in [6.07, 6.45) is 0.576. The van der Waals surface area contributed by atoms with Crippen molar-refractivity contribution in [2.75, 3.05) is 25.1 Å². The molecule has 0 bridgehead atoms. The van der Waals surface area contributed by atoms with Crippen molar-refractivity contribution in [1.29, 1.82) is 5.26 Å². The van der Waals surface area contributed by atoms with Crippen LogP contribution in [0.25, 0.3) is 0 Å². The van der Waals surface area contributed by atoms with Crippen LogP contribution in [-0.2, 0) is 14.3 Å². The fourth-order valence-corrected chi connectivity index (χ4v) is 2.11. The molecule has 1 aliphatic rings. The van der Waals surface area contributed by atoms with E-state index in [0.29, 0.717) is 13.0 Å². The summed E-state index contributed by atoms with van der Waals surface area (Å²) in [6.45, 7) is 0.328. The number of nitriles is 1. The molecule has 0 aromatic heterocycles. The van der Waals surface area contributed by atoms with E-state index in [-0.39, 0.29) is 23.7 Å². The van der Waals surface area contributed by atoms with Crippen LogP contribution in [0.3, 0.4) is 0 Å². The Morgan fingerprint density at radius 1 is 1.57 bits per heavy atom. The van der Waals surface area contributed by atoms with Crippen LogP contribution in [0.2, 0.25) is 0 Å². The van der Waals surface area contributed by atoms with Gasteiger partial charge in [-0.2, -0.15) is 5.26 Å². The molecule has 2 rings (SSSR count). The van der Waals surface area contributed by atoms with E-state index < -0.39 is 17.8 Å². The van der Waals surface area contributed by atoms with Gasteiger partial charge >= 0.3 is 5.97 Å². The molecule has 1 fully saturated rings. The highest BCUT2D eigenvalue weighted by molar-refractivity contribution is 5.89. The number of anilines is 1. The summed E-state index contributed by atoms with van der Waals surface area (Å²) in [6, 6.07) is 5.45. The molecule has 1 saturated heterocycles. The third kappa shape index (κ3) is 3.11. The number of amides is 1. The van der Waals surface area contributed by atoms with Crippen molar-refractivity contribution in [3.63, 3.8) is 0 Å². The van der Waals surface area contributed by atoms with Crippen LogP contribution < -0.4 is 10.2 Å². The standard InChI is InChI=1S/C14H14FN3O3/c1-21-13(19)8-17-14(20)12-4-5-18(12)11-3-2-9(7-16)6-10(11)15/h2-3,6,12H,4-5,8H2,1H3,(H,17,20)/t12-/m0/s1. The highest BCUT2D eigenvalue weighted by Gasteiger charge is 2.35. The number of halogens is 1. The van der Waals surface area contributed by atoms with E-state index in [1.165, 1.54) is 19.2 Å². The maximum absolute atomic E-state index is 13.9. The molecule has 0 radical (unpaired) electrons. The first-order chi connectivity index (χ1) is 10.1. The van der Waals surface area contributed by atoms with E-state index >= 15 is 0 Å². The zero-order valence-corrected chi connectivity index (χ0v) is 11.4. The van der Waals surface area contributed by atoms with Crippen LogP contribution in [0.15, 0.2) is 18.2 Å². The Bertz CT molecular complexity index is 612. The van der Waals surface area contributed by atoms with E-state index in [1.54, 1.807) is 4.90 Å². The number of hydrogen-bond donors (Lipinski definition) is 1.